The fraction of sp³-hybridized carbons (Fsp3) is 0.385. The normalized spacial score (nSPS) is 14.8. The van der Waals surface area contributed by atoms with E-state index in [2.05, 4.69) is 0 Å². The number of carbonyl (C=O) groups excluding carboxylic acids is 1. The molecule has 0 heterocycles. The summed E-state index contributed by atoms with van der Waals surface area (Å²) in [4.78, 5) is 22.7. The third-order valence-corrected chi connectivity index (χ3v) is 3.03. The Morgan fingerprint density at radius 1 is 1.16 bits per heavy atom. The Morgan fingerprint density at radius 3 is 2.21 bits per heavy atom. The molecule has 0 aromatic heterocycles. The van der Waals surface area contributed by atoms with Gasteiger partial charge in [0.05, 0.1) is 11.5 Å². The molecule has 104 valence electrons. The van der Waals surface area contributed by atoms with Gasteiger partial charge in [-0.3, -0.25) is 9.59 Å². The lowest BCUT2D eigenvalue weighted by Gasteiger charge is -2.15. The number of aliphatic carboxylic acids is 1. The van der Waals surface area contributed by atoms with Crippen LogP contribution in [-0.2, 0) is 11.0 Å². The molecule has 1 aromatic carbocycles. The van der Waals surface area contributed by atoms with Crippen LogP contribution in [0.5, 0.6) is 0 Å². The molecule has 2 atom stereocenters. The maximum atomic E-state index is 12.5. The van der Waals surface area contributed by atoms with Crippen LogP contribution in [0.15, 0.2) is 24.3 Å². The maximum absolute atomic E-state index is 12.5. The van der Waals surface area contributed by atoms with Gasteiger partial charge < -0.3 is 5.11 Å². The van der Waals surface area contributed by atoms with Crippen molar-refractivity contribution >= 4 is 11.8 Å². The van der Waals surface area contributed by atoms with E-state index in [-0.39, 0.29) is 5.56 Å². The van der Waals surface area contributed by atoms with Crippen LogP contribution in [-0.4, -0.2) is 16.9 Å². The van der Waals surface area contributed by atoms with Crippen LogP contribution in [0.25, 0.3) is 0 Å². The van der Waals surface area contributed by atoms with Gasteiger partial charge in [0.25, 0.3) is 0 Å². The third-order valence-electron chi connectivity index (χ3n) is 3.03. The van der Waals surface area contributed by atoms with Crippen LogP contribution >= 0.6 is 0 Å². The molecule has 1 rings (SSSR count). The summed E-state index contributed by atoms with van der Waals surface area (Å²) in [7, 11) is 0. The highest BCUT2D eigenvalue weighted by molar-refractivity contribution is 5.99. The van der Waals surface area contributed by atoms with E-state index in [1.807, 2.05) is 0 Å². The standard InChI is InChI=1S/C13H13F3O3/c1-7(8(2)12(18)19)11(17)9-4-3-5-10(6-9)13(14,15)16/h3-8H,1-2H3,(H,18,19). The van der Waals surface area contributed by atoms with Crippen LogP contribution in [0, 0.1) is 11.8 Å². The Labute approximate surface area is 108 Å². The van der Waals surface area contributed by atoms with E-state index in [1.165, 1.54) is 19.9 Å². The minimum Gasteiger partial charge on any atom is -0.481 e. The number of Topliss-reactive ketones (excluding diaryl/α,β-unsaturated/α-hetero) is 1. The molecule has 1 N–H and O–H groups in total. The van der Waals surface area contributed by atoms with Crippen molar-refractivity contribution in [3.63, 3.8) is 0 Å². The monoisotopic (exact) mass is 274 g/mol. The number of hydrogen-bond acceptors (Lipinski definition) is 2. The number of rotatable bonds is 4. The van der Waals surface area contributed by atoms with E-state index in [1.54, 1.807) is 0 Å². The van der Waals surface area contributed by atoms with Crippen molar-refractivity contribution in [1.29, 1.82) is 0 Å². The van der Waals surface area contributed by atoms with Gasteiger partial charge in [-0.05, 0) is 12.1 Å². The average molecular weight is 274 g/mol. The number of hydrogen-bond donors (Lipinski definition) is 1. The second-order valence-electron chi connectivity index (χ2n) is 4.36. The van der Waals surface area contributed by atoms with Gasteiger partial charge in [0.15, 0.2) is 5.78 Å². The molecule has 0 spiro atoms. The van der Waals surface area contributed by atoms with Crippen LogP contribution in [0.1, 0.15) is 29.8 Å². The summed E-state index contributed by atoms with van der Waals surface area (Å²) in [6.45, 7) is 2.74. The van der Waals surface area contributed by atoms with Gasteiger partial charge in [0.1, 0.15) is 0 Å². The van der Waals surface area contributed by atoms with Crippen molar-refractivity contribution in [2.24, 2.45) is 11.8 Å². The van der Waals surface area contributed by atoms with Crippen LogP contribution in [0.2, 0.25) is 0 Å². The molecule has 0 amide bonds. The molecule has 3 nitrogen and oxygen atoms in total. The largest absolute Gasteiger partial charge is 0.481 e. The predicted octanol–water partition coefficient (Wildman–Crippen LogP) is 3.24. The van der Waals surface area contributed by atoms with Crippen LogP contribution in [0.3, 0.4) is 0 Å². The molecular weight excluding hydrogens is 261 g/mol. The highest BCUT2D eigenvalue weighted by atomic mass is 19.4. The van der Waals surface area contributed by atoms with Crippen molar-refractivity contribution in [1.82, 2.24) is 0 Å². The Kier molecular flexibility index (Phi) is 4.34. The van der Waals surface area contributed by atoms with E-state index < -0.39 is 35.3 Å². The van der Waals surface area contributed by atoms with E-state index in [0.29, 0.717) is 0 Å². The lowest BCUT2D eigenvalue weighted by atomic mass is 9.88. The molecule has 0 saturated heterocycles. The number of carbonyl (C=O) groups is 2. The average Bonchev–Trinajstić information content (AvgIpc) is 2.35. The van der Waals surface area contributed by atoms with Gasteiger partial charge in [-0.25, -0.2) is 0 Å². The van der Waals surface area contributed by atoms with Crippen LogP contribution in [0.4, 0.5) is 13.2 Å². The molecule has 0 aliphatic carbocycles. The van der Waals surface area contributed by atoms with Gasteiger partial charge in [-0.2, -0.15) is 13.2 Å². The Hall–Kier alpha value is -1.85. The van der Waals surface area contributed by atoms with Crippen molar-refractivity contribution in [2.75, 3.05) is 0 Å². The quantitative estimate of drug-likeness (QED) is 0.857. The van der Waals surface area contributed by atoms with Crippen molar-refractivity contribution in [3.05, 3.63) is 35.4 Å². The summed E-state index contributed by atoms with van der Waals surface area (Å²) in [5.41, 5.74) is -1.05. The molecule has 6 heteroatoms. The first-order chi connectivity index (χ1) is 8.64. The lowest BCUT2D eigenvalue weighted by Crippen LogP contribution is -2.25. The Bertz CT molecular complexity index is 494. The summed E-state index contributed by atoms with van der Waals surface area (Å²) in [6.07, 6.45) is -4.53. The highest BCUT2D eigenvalue weighted by Gasteiger charge is 2.32. The van der Waals surface area contributed by atoms with Gasteiger partial charge in [-0.15, -0.1) is 0 Å². The number of carboxylic acids is 1. The molecule has 0 bridgehead atoms. The third kappa shape index (κ3) is 3.56. The Balaban J connectivity index is 3.04. The lowest BCUT2D eigenvalue weighted by molar-refractivity contribution is -0.142. The molecule has 2 unspecified atom stereocenters. The van der Waals surface area contributed by atoms with Gasteiger partial charge in [-0.1, -0.05) is 26.0 Å². The number of ketones is 1. The van der Waals surface area contributed by atoms with E-state index in [4.69, 9.17) is 5.11 Å². The zero-order valence-corrected chi connectivity index (χ0v) is 10.4. The number of carboxylic acid groups (broad SMARTS) is 1. The van der Waals surface area contributed by atoms with E-state index in [9.17, 15) is 22.8 Å². The molecule has 0 aliphatic heterocycles. The second-order valence-corrected chi connectivity index (χ2v) is 4.36. The molecular formula is C13H13F3O3. The number of halogens is 3. The number of benzene rings is 1. The fourth-order valence-corrected chi connectivity index (χ4v) is 1.55. The van der Waals surface area contributed by atoms with Crippen LogP contribution < -0.4 is 0 Å². The smallest absolute Gasteiger partial charge is 0.416 e. The SMILES string of the molecule is CC(C(=O)O)C(C)C(=O)c1cccc(C(F)(F)F)c1. The minimum atomic E-state index is -4.53. The Morgan fingerprint density at radius 2 is 1.74 bits per heavy atom. The van der Waals surface area contributed by atoms with E-state index >= 15 is 0 Å². The summed E-state index contributed by atoms with van der Waals surface area (Å²) in [5, 5.41) is 8.80. The highest BCUT2D eigenvalue weighted by Crippen LogP contribution is 2.30. The van der Waals surface area contributed by atoms with Gasteiger partial charge in [0.2, 0.25) is 0 Å². The molecule has 0 radical (unpaired) electrons. The molecule has 19 heavy (non-hydrogen) atoms. The second kappa shape index (κ2) is 5.42. The summed E-state index contributed by atoms with van der Waals surface area (Å²) in [6, 6.07) is 3.99. The first-order valence-electron chi connectivity index (χ1n) is 5.59. The predicted molar refractivity (Wildman–Crippen MR) is 61.7 cm³/mol. The number of alkyl halides is 3. The first-order valence-corrected chi connectivity index (χ1v) is 5.59. The molecule has 0 aliphatic rings. The van der Waals surface area contributed by atoms with Gasteiger partial charge >= 0.3 is 12.1 Å². The molecule has 0 saturated carbocycles. The van der Waals surface area contributed by atoms with Crippen molar-refractivity contribution in [2.45, 2.75) is 20.0 Å². The van der Waals surface area contributed by atoms with E-state index in [0.717, 1.165) is 18.2 Å². The first kappa shape index (κ1) is 15.2. The van der Waals surface area contributed by atoms with Gasteiger partial charge in [0, 0.05) is 11.5 Å². The summed E-state index contributed by atoms with van der Waals surface area (Å²) < 4.78 is 37.5. The van der Waals surface area contributed by atoms with Crippen molar-refractivity contribution < 1.29 is 27.9 Å². The minimum absolute atomic E-state index is 0.129. The topological polar surface area (TPSA) is 54.4 Å². The maximum Gasteiger partial charge on any atom is 0.416 e. The molecule has 1 aromatic rings. The zero-order chi connectivity index (χ0) is 14.8. The van der Waals surface area contributed by atoms with Crippen molar-refractivity contribution in [3.8, 4) is 0 Å². The zero-order valence-electron chi connectivity index (χ0n) is 10.4. The summed E-state index contributed by atoms with van der Waals surface area (Å²) >= 11 is 0. The molecule has 0 fully saturated rings. The summed E-state index contributed by atoms with van der Waals surface area (Å²) in [5.74, 6) is -3.61. The fourth-order valence-electron chi connectivity index (χ4n) is 1.55.